The Morgan fingerprint density at radius 1 is 1.21 bits per heavy atom. The summed E-state index contributed by atoms with van der Waals surface area (Å²) in [4.78, 5) is 18.5. The third-order valence-electron chi connectivity index (χ3n) is 6.27. The number of anilines is 2. The van der Waals surface area contributed by atoms with Crippen LogP contribution in [0.4, 0.5) is 15.8 Å². The summed E-state index contributed by atoms with van der Waals surface area (Å²) >= 11 is 9.23. The molecule has 0 aliphatic carbocycles. The lowest BCUT2D eigenvalue weighted by Crippen LogP contribution is -2.29. The van der Waals surface area contributed by atoms with Gasteiger partial charge in [-0.05, 0) is 82.7 Å². The van der Waals surface area contributed by atoms with Crippen molar-refractivity contribution in [2.24, 2.45) is 0 Å². The lowest BCUT2D eigenvalue weighted by molar-refractivity contribution is -0.115. The first-order chi connectivity index (χ1) is 18.4. The molecule has 0 saturated carbocycles. The Kier molecular flexibility index (Phi) is 7.44. The molecule has 194 valence electrons. The molecule has 2 atom stereocenters. The van der Waals surface area contributed by atoms with Gasteiger partial charge < -0.3 is 24.7 Å². The maximum atomic E-state index is 13.7. The molecule has 38 heavy (non-hydrogen) atoms. The molecule has 0 spiro atoms. The van der Waals surface area contributed by atoms with Gasteiger partial charge >= 0.3 is 0 Å². The maximum Gasteiger partial charge on any atom is 0.224 e. The van der Waals surface area contributed by atoms with Gasteiger partial charge in [0.25, 0.3) is 0 Å². The molecule has 0 bridgehead atoms. The van der Waals surface area contributed by atoms with Crippen LogP contribution in [-0.4, -0.2) is 23.1 Å². The summed E-state index contributed by atoms with van der Waals surface area (Å²) in [6, 6.07) is 18.7. The van der Waals surface area contributed by atoms with E-state index in [1.807, 2.05) is 47.4 Å². The zero-order valence-corrected chi connectivity index (χ0v) is 23.0. The molecular weight excluding hydrogens is 571 g/mol. The second kappa shape index (κ2) is 10.9. The Hall–Kier alpha value is -3.76. The van der Waals surface area contributed by atoms with E-state index in [2.05, 4.69) is 31.5 Å². The number of furan rings is 1. The molecule has 5 rings (SSSR count). The number of thiocarbonyl (C=S) groups is 1. The first-order valence-electron chi connectivity index (χ1n) is 11.9. The highest BCUT2D eigenvalue weighted by Crippen LogP contribution is 2.44. The van der Waals surface area contributed by atoms with Gasteiger partial charge in [-0.1, -0.05) is 13.0 Å². The van der Waals surface area contributed by atoms with Crippen LogP contribution in [0.15, 0.2) is 81.8 Å². The minimum atomic E-state index is -0.397. The molecule has 10 heteroatoms. The van der Waals surface area contributed by atoms with Crippen LogP contribution in [-0.2, 0) is 4.79 Å². The van der Waals surface area contributed by atoms with Crippen molar-refractivity contribution < 1.29 is 18.3 Å². The van der Waals surface area contributed by atoms with E-state index in [1.165, 1.54) is 12.1 Å². The average Bonchev–Trinajstić information content (AvgIpc) is 3.54. The van der Waals surface area contributed by atoms with Gasteiger partial charge in [0, 0.05) is 34.4 Å². The van der Waals surface area contributed by atoms with Gasteiger partial charge in [-0.15, -0.1) is 0 Å². The third-order valence-corrected chi connectivity index (χ3v) is 7.24. The molecule has 2 aromatic heterocycles. The monoisotopic (exact) mass is 594 g/mol. The second-order valence-corrected chi connectivity index (χ2v) is 9.85. The van der Waals surface area contributed by atoms with Gasteiger partial charge in [0.1, 0.15) is 29.1 Å². The lowest BCUT2D eigenvalue weighted by atomic mass is 10.0. The molecular formula is C28H24BrFN4O3S. The minimum Gasteiger partial charge on any atom is -0.494 e. The number of carbonyl (C=O) groups excluding carboxylic acids is 1. The third kappa shape index (κ3) is 5.01. The maximum absolute atomic E-state index is 13.7. The van der Waals surface area contributed by atoms with Crippen molar-refractivity contribution in [2.75, 3.05) is 17.3 Å². The second-order valence-electron chi connectivity index (χ2n) is 8.61. The van der Waals surface area contributed by atoms with Crippen molar-refractivity contribution in [3.63, 3.8) is 0 Å². The van der Waals surface area contributed by atoms with Gasteiger partial charge in [-0.25, -0.2) is 4.39 Å². The van der Waals surface area contributed by atoms with E-state index in [1.54, 1.807) is 32.4 Å². The Morgan fingerprint density at radius 3 is 2.76 bits per heavy atom. The number of aromatic nitrogens is 1. The number of benzene rings is 2. The highest BCUT2D eigenvalue weighted by Gasteiger charge is 2.43. The van der Waals surface area contributed by atoms with Crippen LogP contribution in [0.2, 0.25) is 0 Å². The number of carbonyl (C=O) groups is 1. The number of halogens is 2. The summed E-state index contributed by atoms with van der Waals surface area (Å²) in [7, 11) is 1.55. The van der Waals surface area contributed by atoms with Crippen LogP contribution in [0, 0.1) is 5.82 Å². The smallest absolute Gasteiger partial charge is 0.224 e. The van der Waals surface area contributed by atoms with E-state index in [0.29, 0.717) is 39.0 Å². The molecule has 7 nitrogen and oxygen atoms in total. The van der Waals surface area contributed by atoms with Gasteiger partial charge in [-0.3, -0.25) is 9.78 Å². The zero-order chi connectivity index (χ0) is 26.8. The van der Waals surface area contributed by atoms with E-state index in [-0.39, 0.29) is 17.8 Å². The van der Waals surface area contributed by atoms with Crippen molar-refractivity contribution in [1.29, 1.82) is 0 Å². The molecule has 2 N–H and O–H groups in total. The van der Waals surface area contributed by atoms with Gasteiger partial charge in [0.15, 0.2) is 5.11 Å². The fraction of sp³-hybridized carbons (Fsp3) is 0.179. The number of nitrogens with one attached hydrogen (secondary N) is 2. The molecule has 1 aliphatic heterocycles. The van der Waals surface area contributed by atoms with Gasteiger partial charge in [0.05, 0.1) is 24.5 Å². The molecule has 3 heterocycles. The summed E-state index contributed by atoms with van der Waals surface area (Å²) in [6.45, 7) is 1.79. The number of ether oxygens (including phenoxy) is 1. The molecule has 0 radical (unpaired) electrons. The Bertz CT molecular complexity index is 1500. The highest BCUT2D eigenvalue weighted by atomic mass is 79.9. The van der Waals surface area contributed by atoms with Crippen molar-refractivity contribution in [2.45, 2.75) is 25.4 Å². The quantitative estimate of drug-likeness (QED) is 0.228. The number of methoxy groups -OCH3 is 1. The van der Waals surface area contributed by atoms with Gasteiger partial charge in [0.2, 0.25) is 5.91 Å². The van der Waals surface area contributed by atoms with Crippen molar-refractivity contribution >= 4 is 50.5 Å². The largest absolute Gasteiger partial charge is 0.494 e. The predicted molar refractivity (Wildman–Crippen MR) is 152 cm³/mol. The summed E-state index contributed by atoms with van der Waals surface area (Å²) in [6.07, 6.45) is 2.08. The van der Waals surface area contributed by atoms with Crippen LogP contribution in [0.3, 0.4) is 0 Å². The Balaban J connectivity index is 1.58. The van der Waals surface area contributed by atoms with Crippen LogP contribution < -0.4 is 20.3 Å². The fourth-order valence-corrected chi connectivity index (χ4v) is 5.33. The van der Waals surface area contributed by atoms with Crippen molar-refractivity contribution in [3.05, 3.63) is 94.7 Å². The molecule has 1 amide bonds. The number of pyridine rings is 1. The molecule has 1 aliphatic rings. The first-order valence-corrected chi connectivity index (χ1v) is 13.1. The number of nitrogens with zero attached hydrogens (tertiary/aromatic N) is 2. The highest BCUT2D eigenvalue weighted by molar-refractivity contribution is 9.10. The molecule has 0 unspecified atom stereocenters. The first kappa shape index (κ1) is 25.9. The van der Waals surface area contributed by atoms with Crippen LogP contribution >= 0.6 is 28.1 Å². The topological polar surface area (TPSA) is 79.6 Å². The minimum absolute atomic E-state index is 0.113. The van der Waals surface area contributed by atoms with Crippen LogP contribution in [0.5, 0.6) is 5.75 Å². The Labute approximate surface area is 233 Å². The molecule has 4 aromatic rings. The standard InChI is InChI=1S/C28H24BrFN4O3S/c1-3-25(35)32-20-10-8-17(15-24(20)36-2)34-27(26(33-28(34)38)21-6-4-5-13-31-21)23-12-11-22(37-23)18-9-7-16(30)14-19(18)29/h4-15,26-27H,3H2,1-2H3,(H,32,35)(H,33,38)/t26-,27-/m1/s1. The number of amides is 1. The number of rotatable bonds is 7. The van der Waals surface area contributed by atoms with Gasteiger partial charge in [-0.2, -0.15) is 0 Å². The lowest BCUT2D eigenvalue weighted by Gasteiger charge is -2.27. The van der Waals surface area contributed by atoms with Crippen LogP contribution in [0.25, 0.3) is 11.3 Å². The Morgan fingerprint density at radius 2 is 2.05 bits per heavy atom. The van der Waals surface area contributed by atoms with E-state index < -0.39 is 6.04 Å². The predicted octanol–water partition coefficient (Wildman–Crippen LogP) is 6.78. The zero-order valence-electron chi connectivity index (χ0n) is 20.6. The van der Waals surface area contributed by atoms with Crippen molar-refractivity contribution in [1.82, 2.24) is 10.3 Å². The average molecular weight is 595 g/mol. The summed E-state index contributed by atoms with van der Waals surface area (Å²) < 4.78 is 26.2. The van der Waals surface area contributed by atoms with Crippen molar-refractivity contribution in [3.8, 4) is 17.1 Å². The van der Waals surface area contributed by atoms with E-state index in [4.69, 9.17) is 21.4 Å². The molecule has 2 aromatic carbocycles. The van der Waals surface area contributed by atoms with E-state index in [9.17, 15) is 9.18 Å². The summed E-state index contributed by atoms with van der Waals surface area (Å²) in [5, 5.41) is 6.74. The van der Waals surface area contributed by atoms with Crippen LogP contribution in [0.1, 0.15) is 36.9 Å². The van der Waals surface area contributed by atoms with E-state index in [0.717, 1.165) is 16.9 Å². The molecule has 1 saturated heterocycles. The number of hydrogen-bond donors (Lipinski definition) is 2. The summed E-state index contributed by atoms with van der Waals surface area (Å²) in [5.74, 6) is 1.27. The SMILES string of the molecule is CCC(=O)Nc1ccc(N2C(=S)N[C@H](c3ccccn3)[C@H]2c2ccc(-c3ccc(F)cc3Br)o2)cc1OC. The van der Waals surface area contributed by atoms with E-state index >= 15 is 0 Å². The number of hydrogen-bond acceptors (Lipinski definition) is 5. The fourth-order valence-electron chi connectivity index (χ4n) is 4.44. The summed E-state index contributed by atoms with van der Waals surface area (Å²) in [5.41, 5.74) is 2.84. The normalized spacial score (nSPS) is 16.8. The molecule has 1 fully saturated rings.